The van der Waals surface area contributed by atoms with Crippen molar-refractivity contribution in [2.45, 2.75) is 19.7 Å². The van der Waals surface area contributed by atoms with E-state index in [9.17, 15) is 18.0 Å². The average Bonchev–Trinajstić information content (AvgIpc) is 2.91. The van der Waals surface area contributed by atoms with Gasteiger partial charge in [0.15, 0.2) is 6.29 Å². The van der Waals surface area contributed by atoms with Crippen LogP contribution < -0.4 is 4.74 Å². The minimum absolute atomic E-state index is 0.150. The van der Waals surface area contributed by atoms with Crippen molar-refractivity contribution in [3.63, 3.8) is 0 Å². The number of benzene rings is 4. The number of fused-ring (bicyclic) bond motifs is 1. The number of halogens is 3. The van der Waals surface area contributed by atoms with Gasteiger partial charge in [0.2, 0.25) is 0 Å². The lowest BCUT2D eigenvalue weighted by Gasteiger charge is -2.18. The number of hydrogen-bond donors (Lipinski definition) is 0. The van der Waals surface area contributed by atoms with Crippen molar-refractivity contribution in [2.24, 2.45) is 0 Å². The third kappa shape index (κ3) is 4.96. The molecular formula is C31H22F3NO2. The number of pyridine rings is 1. The topological polar surface area (TPSA) is 39.2 Å². The van der Waals surface area contributed by atoms with Crippen molar-refractivity contribution in [2.75, 3.05) is 0 Å². The smallest absolute Gasteiger partial charge is 0.418 e. The van der Waals surface area contributed by atoms with Crippen LogP contribution in [-0.4, -0.2) is 11.3 Å². The number of nitrogens with zero attached hydrogens (tertiary/aromatic N) is 1. The van der Waals surface area contributed by atoms with Crippen LogP contribution in [-0.2, 0) is 12.8 Å². The second-order valence-electron chi connectivity index (χ2n) is 8.75. The molecule has 4 aromatic carbocycles. The van der Waals surface area contributed by atoms with E-state index >= 15 is 0 Å². The Labute approximate surface area is 212 Å². The first kappa shape index (κ1) is 24.3. The summed E-state index contributed by atoms with van der Waals surface area (Å²) in [5, 5.41) is 0.337. The maximum atomic E-state index is 13.8. The zero-order valence-electron chi connectivity index (χ0n) is 19.9. The molecule has 0 unspecified atom stereocenters. The molecule has 0 radical (unpaired) electrons. The molecule has 0 aliphatic heterocycles. The third-order valence-electron chi connectivity index (χ3n) is 6.23. The van der Waals surface area contributed by atoms with Gasteiger partial charge in [0.25, 0.3) is 0 Å². The molecule has 0 spiro atoms. The van der Waals surface area contributed by atoms with Crippen LogP contribution in [0.4, 0.5) is 13.2 Å². The fraction of sp³-hybridized carbons (Fsp3) is 0.0968. The lowest BCUT2D eigenvalue weighted by molar-refractivity contribution is -0.136. The molecule has 6 heteroatoms. The Morgan fingerprint density at radius 2 is 1.62 bits per heavy atom. The predicted octanol–water partition coefficient (Wildman–Crippen LogP) is 8.29. The number of rotatable bonds is 6. The maximum Gasteiger partial charge on any atom is 0.418 e. The summed E-state index contributed by atoms with van der Waals surface area (Å²) in [6, 6.07) is 26.2. The Kier molecular flexibility index (Phi) is 6.49. The number of aryl methyl sites for hydroxylation is 1. The van der Waals surface area contributed by atoms with Gasteiger partial charge in [0, 0.05) is 28.3 Å². The van der Waals surface area contributed by atoms with Crippen molar-refractivity contribution in [3.8, 4) is 28.0 Å². The number of alkyl halides is 3. The van der Waals surface area contributed by atoms with Crippen LogP contribution in [0.3, 0.4) is 0 Å². The van der Waals surface area contributed by atoms with Crippen LogP contribution in [0.1, 0.15) is 27.0 Å². The average molecular weight is 498 g/mol. The van der Waals surface area contributed by atoms with Gasteiger partial charge >= 0.3 is 6.18 Å². The van der Waals surface area contributed by atoms with Gasteiger partial charge in [-0.3, -0.25) is 9.78 Å². The minimum atomic E-state index is -4.56. The largest absolute Gasteiger partial charge is 0.489 e. The van der Waals surface area contributed by atoms with Gasteiger partial charge in [-0.1, -0.05) is 78.4 Å². The Morgan fingerprint density at radius 3 is 2.38 bits per heavy atom. The number of aromatic nitrogens is 1. The number of aldehydes is 1. The molecule has 1 aromatic heterocycles. The highest BCUT2D eigenvalue weighted by atomic mass is 19.4. The summed E-state index contributed by atoms with van der Waals surface area (Å²) >= 11 is 0. The summed E-state index contributed by atoms with van der Waals surface area (Å²) in [6.07, 6.45) is -2.42. The fourth-order valence-electron chi connectivity index (χ4n) is 4.40. The van der Waals surface area contributed by atoms with Gasteiger partial charge in [-0.25, -0.2) is 0 Å². The van der Waals surface area contributed by atoms with Crippen LogP contribution in [0.25, 0.3) is 33.2 Å². The molecule has 5 aromatic rings. The maximum absolute atomic E-state index is 13.8. The van der Waals surface area contributed by atoms with Gasteiger partial charge in [-0.15, -0.1) is 0 Å². The highest BCUT2D eigenvalue weighted by Gasteiger charge is 2.34. The second-order valence-corrected chi connectivity index (χ2v) is 8.75. The highest BCUT2D eigenvalue weighted by Crippen LogP contribution is 2.42. The predicted molar refractivity (Wildman–Crippen MR) is 139 cm³/mol. The molecule has 37 heavy (non-hydrogen) atoms. The van der Waals surface area contributed by atoms with Crippen LogP contribution in [0.5, 0.6) is 5.75 Å². The first-order valence-electron chi connectivity index (χ1n) is 11.7. The summed E-state index contributed by atoms with van der Waals surface area (Å²) in [6.45, 7) is 2.36. The Balaban J connectivity index is 1.68. The van der Waals surface area contributed by atoms with E-state index in [-0.39, 0.29) is 5.52 Å². The quantitative estimate of drug-likeness (QED) is 0.222. The van der Waals surface area contributed by atoms with Crippen LogP contribution in [0, 0.1) is 6.92 Å². The Bertz CT molecular complexity index is 1590. The molecule has 0 N–H and O–H groups in total. The standard InChI is InChI=1S/C31H22F3NO2/c1-20-12-14-21(15-13-20)19-37-24-8-4-7-22(16-24)29-26-10-5-11-28(31(32,33)34)30(26)35-17-27(29)25-9-3-2-6-23(25)18-36/h2-18H,19H2,1H3. The highest BCUT2D eigenvalue weighted by molar-refractivity contribution is 6.05. The van der Waals surface area contributed by atoms with Gasteiger partial charge in [-0.05, 0) is 41.8 Å². The molecule has 0 saturated carbocycles. The summed E-state index contributed by atoms with van der Waals surface area (Å²) in [5.41, 5.74) is 3.96. The van der Waals surface area contributed by atoms with Crippen molar-refractivity contribution in [1.82, 2.24) is 4.98 Å². The van der Waals surface area contributed by atoms with Gasteiger partial charge in [-0.2, -0.15) is 13.2 Å². The number of para-hydroxylation sites is 1. The van der Waals surface area contributed by atoms with E-state index in [4.69, 9.17) is 4.74 Å². The number of carbonyl (C=O) groups is 1. The molecule has 0 saturated heterocycles. The van der Waals surface area contributed by atoms with E-state index in [1.54, 1.807) is 48.5 Å². The van der Waals surface area contributed by atoms with E-state index < -0.39 is 11.7 Å². The van der Waals surface area contributed by atoms with Gasteiger partial charge in [0.05, 0.1) is 11.1 Å². The van der Waals surface area contributed by atoms with Crippen molar-refractivity contribution in [3.05, 3.63) is 119 Å². The zero-order valence-corrected chi connectivity index (χ0v) is 19.9. The lowest BCUT2D eigenvalue weighted by Crippen LogP contribution is -2.07. The van der Waals surface area contributed by atoms with E-state index in [0.717, 1.165) is 23.5 Å². The first-order valence-corrected chi connectivity index (χ1v) is 11.7. The lowest BCUT2D eigenvalue weighted by atomic mass is 9.90. The molecule has 0 amide bonds. The Hall–Kier alpha value is -4.45. The summed E-state index contributed by atoms with van der Waals surface area (Å²) in [5.74, 6) is 0.574. The number of carbonyl (C=O) groups excluding carboxylic acids is 1. The van der Waals surface area contributed by atoms with Crippen LogP contribution in [0.15, 0.2) is 97.2 Å². The zero-order chi connectivity index (χ0) is 26.0. The van der Waals surface area contributed by atoms with E-state index in [1.807, 2.05) is 37.3 Å². The fourth-order valence-corrected chi connectivity index (χ4v) is 4.40. The minimum Gasteiger partial charge on any atom is -0.489 e. The van der Waals surface area contributed by atoms with E-state index in [2.05, 4.69) is 4.98 Å². The van der Waals surface area contributed by atoms with Gasteiger partial charge < -0.3 is 4.74 Å². The molecule has 1 heterocycles. The molecule has 0 fully saturated rings. The van der Waals surface area contributed by atoms with Crippen molar-refractivity contribution in [1.29, 1.82) is 0 Å². The summed E-state index contributed by atoms with van der Waals surface area (Å²) in [4.78, 5) is 16.0. The summed E-state index contributed by atoms with van der Waals surface area (Å²) < 4.78 is 47.5. The molecule has 0 bridgehead atoms. The third-order valence-corrected chi connectivity index (χ3v) is 6.23. The second kappa shape index (κ2) is 9.90. The molecule has 5 rings (SSSR count). The van der Waals surface area contributed by atoms with Crippen molar-refractivity contribution >= 4 is 17.2 Å². The molecule has 3 nitrogen and oxygen atoms in total. The number of ether oxygens (including phenoxy) is 1. The SMILES string of the molecule is Cc1ccc(COc2cccc(-c3c(-c4ccccc4C=O)cnc4c(C(F)(F)F)cccc34)c2)cc1. The molecule has 0 aliphatic rings. The van der Waals surface area contributed by atoms with Crippen LogP contribution in [0.2, 0.25) is 0 Å². The normalized spacial score (nSPS) is 11.5. The monoisotopic (exact) mass is 497 g/mol. The summed E-state index contributed by atoms with van der Waals surface area (Å²) in [7, 11) is 0. The molecule has 0 aliphatic carbocycles. The molecule has 184 valence electrons. The van der Waals surface area contributed by atoms with E-state index in [1.165, 1.54) is 12.3 Å². The molecular weight excluding hydrogens is 475 g/mol. The molecule has 0 atom stereocenters. The Morgan fingerprint density at radius 1 is 0.865 bits per heavy atom. The number of hydrogen-bond acceptors (Lipinski definition) is 3. The first-order chi connectivity index (χ1) is 17.8. The van der Waals surface area contributed by atoms with E-state index in [0.29, 0.717) is 45.6 Å². The van der Waals surface area contributed by atoms with Gasteiger partial charge in [0.1, 0.15) is 12.4 Å². The van der Waals surface area contributed by atoms with Crippen molar-refractivity contribution < 1.29 is 22.7 Å². The van der Waals surface area contributed by atoms with Crippen LogP contribution >= 0.6 is 0 Å².